The summed E-state index contributed by atoms with van der Waals surface area (Å²) in [5, 5.41) is 0. The first-order chi connectivity index (χ1) is 8.68. The van der Waals surface area contributed by atoms with E-state index in [0.717, 1.165) is 6.07 Å². The zero-order valence-corrected chi connectivity index (χ0v) is 9.27. The van der Waals surface area contributed by atoms with E-state index in [0.29, 0.717) is 5.65 Å². The molecule has 0 radical (unpaired) electrons. The van der Waals surface area contributed by atoms with Crippen molar-refractivity contribution in [2.24, 2.45) is 0 Å². The lowest BCUT2D eigenvalue weighted by atomic mass is 10.1. The molecule has 0 spiro atoms. The molecular formula is C13H9F2N3. The molecule has 0 atom stereocenters. The van der Waals surface area contributed by atoms with Crippen LogP contribution in [0.4, 0.5) is 14.6 Å². The van der Waals surface area contributed by atoms with E-state index in [1.165, 1.54) is 12.1 Å². The molecule has 0 fully saturated rings. The number of nitrogens with two attached hydrogens (primary N) is 1. The normalized spacial score (nSPS) is 11.0. The maximum atomic E-state index is 13.7. The predicted molar refractivity (Wildman–Crippen MR) is 65.0 cm³/mol. The van der Waals surface area contributed by atoms with Crippen LogP contribution in [-0.4, -0.2) is 9.38 Å². The van der Waals surface area contributed by atoms with Gasteiger partial charge in [-0.2, -0.15) is 0 Å². The number of hydrogen-bond donors (Lipinski definition) is 1. The van der Waals surface area contributed by atoms with E-state index in [1.807, 2.05) is 0 Å². The van der Waals surface area contributed by atoms with Gasteiger partial charge in [-0.05, 0) is 24.3 Å². The van der Waals surface area contributed by atoms with E-state index in [1.54, 1.807) is 28.8 Å². The molecule has 3 nitrogen and oxygen atoms in total. The number of fused-ring (bicyclic) bond motifs is 1. The first kappa shape index (κ1) is 10.7. The van der Waals surface area contributed by atoms with Crippen molar-refractivity contribution < 1.29 is 8.78 Å². The van der Waals surface area contributed by atoms with Crippen LogP contribution in [0.15, 0.2) is 42.6 Å². The number of anilines is 1. The van der Waals surface area contributed by atoms with Crippen LogP contribution in [-0.2, 0) is 0 Å². The van der Waals surface area contributed by atoms with Crippen molar-refractivity contribution in [1.29, 1.82) is 0 Å². The van der Waals surface area contributed by atoms with E-state index in [2.05, 4.69) is 4.98 Å². The van der Waals surface area contributed by atoms with Crippen molar-refractivity contribution in [1.82, 2.24) is 9.38 Å². The van der Waals surface area contributed by atoms with Crippen molar-refractivity contribution in [2.45, 2.75) is 0 Å². The first-order valence-corrected chi connectivity index (χ1v) is 5.35. The maximum Gasteiger partial charge on any atom is 0.168 e. The Hall–Kier alpha value is -2.43. The molecule has 1 aromatic carbocycles. The maximum absolute atomic E-state index is 13.7. The van der Waals surface area contributed by atoms with E-state index in [4.69, 9.17) is 5.73 Å². The molecule has 0 aliphatic carbocycles. The van der Waals surface area contributed by atoms with E-state index in [9.17, 15) is 8.78 Å². The van der Waals surface area contributed by atoms with Gasteiger partial charge in [0.1, 0.15) is 17.2 Å². The molecule has 5 heteroatoms. The van der Waals surface area contributed by atoms with Gasteiger partial charge in [-0.15, -0.1) is 0 Å². The fraction of sp³-hybridized carbons (Fsp3) is 0. The smallest absolute Gasteiger partial charge is 0.168 e. The zero-order chi connectivity index (χ0) is 12.7. The molecular weight excluding hydrogens is 236 g/mol. The highest BCUT2D eigenvalue weighted by Gasteiger charge is 2.16. The Labute approximate surface area is 101 Å². The lowest BCUT2D eigenvalue weighted by molar-refractivity contribution is 0.511. The standard InChI is InChI=1S/C13H9F2N3/c14-9-5-3-4-8(11(9)15)12-13(16)18-7-2-1-6-10(18)17-12/h1-7H,16H2. The molecule has 0 aliphatic heterocycles. The predicted octanol–water partition coefficient (Wildman–Crippen LogP) is 2.86. The van der Waals surface area contributed by atoms with Gasteiger partial charge in [0.2, 0.25) is 0 Å². The number of hydrogen-bond acceptors (Lipinski definition) is 2. The number of aromatic nitrogens is 2. The highest BCUT2D eigenvalue weighted by Crippen LogP contribution is 2.29. The lowest BCUT2D eigenvalue weighted by Crippen LogP contribution is -1.95. The molecule has 2 N–H and O–H groups in total. The second-order valence-corrected chi connectivity index (χ2v) is 3.88. The highest BCUT2D eigenvalue weighted by atomic mass is 19.2. The number of halogens is 2. The van der Waals surface area contributed by atoms with Crippen LogP contribution in [0, 0.1) is 11.6 Å². The minimum Gasteiger partial charge on any atom is -0.383 e. The summed E-state index contributed by atoms with van der Waals surface area (Å²) in [5.74, 6) is -1.56. The summed E-state index contributed by atoms with van der Waals surface area (Å²) in [5.41, 5.74) is 6.81. The Morgan fingerprint density at radius 3 is 2.67 bits per heavy atom. The molecule has 3 aromatic rings. The van der Waals surface area contributed by atoms with Crippen LogP contribution in [0.2, 0.25) is 0 Å². The van der Waals surface area contributed by atoms with E-state index < -0.39 is 11.6 Å². The molecule has 2 aromatic heterocycles. The van der Waals surface area contributed by atoms with Crippen molar-refractivity contribution in [3.8, 4) is 11.3 Å². The molecule has 2 heterocycles. The quantitative estimate of drug-likeness (QED) is 0.716. The number of nitrogen functional groups attached to an aromatic ring is 1. The minimum atomic E-state index is -0.937. The van der Waals surface area contributed by atoms with Gasteiger partial charge in [0.25, 0.3) is 0 Å². The summed E-state index contributed by atoms with van der Waals surface area (Å²) in [7, 11) is 0. The number of rotatable bonds is 1. The van der Waals surface area contributed by atoms with Crippen LogP contribution in [0.3, 0.4) is 0 Å². The summed E-state index contributed by atoms with van der Waals surface area (Å²) in [4.78, 5) is 4.22. The van der Waals surface area contributed by atoms with Crippen LogP contribution in [0.5, 0.6) is 0 Å². The Bertz CT molecular complexity index is 734. The molecule has 0 unspecified atom stereocenters. The molecule has 18 heavy (non-hydrogen) atoms. The number of benzene rings is 1. The Balaban J connectivity index is 2.32. The van der Waals surface area contributed by atoms with Gasteiger partial charge in [-0.1, -0.05) is 12.1 Å². The number of imidazole rings is 1. The molecule has 0 saturated heterocycles. The minimum absolute atomic E-state index is 0.0659. The van der Waals surface area contributed by atoms with Gasteiger partial charge in [0.15, 0.2) is 11.6 Å². The zero-order valence-electron chi connectivity index (χ0n) is 9.27. The molecule has 0 bridgehead atoms. The second kappa shape index (κ2) is 3.80. The van der Waals surface area contributed by atoms with Gasteiger partial charge in [-0.25, -0.2) is 13.8 Å². The van der Waals surface area contributed by atoms with Crippen LogP contribution >= 0.6 is 0 Å². The summed E-state index contributed by atoms with van der Waals surface area (Å²) in [6.45, 7) is 0. The van der Waals surface area contributed by atoms with Crippen LogP contribution in [0.1, 0.15) is 0 Å². The average Bonchev–Trinajstić information content (AvgIpc) is 2.71. The number of pyridine rings is 1. The van der Waals surface area contributed by atoms with Gasteiger partial charge in [-0.3, -0.25) is 4.40 Å². The Kier molecular flexibility index (Phi) is 2.26. The third kappa shape index (κ3) is 1.44. The fourth-order valence-corrected chi connectivity index (χ4v) is 1.90. The molecule has 90 valence electrons. The van der Waals surface area contributed by atoms with Crippen molar-refractivity contribution in [2.75, 3.05) is 5.73 Å². The summed E-state index contributed by atoms with van der Waals surface area (Å²) in [6, 6.07) is 9.28. The third-order valence-electron chi connectivity index (χ3n) is 2.77. The van der Waals surface area contributed by atoms with E-state index in [-0.39, 0.29) is 17.1 Å². The highest BCUT2D eigenvalue weighted by molar-refractivity contribution is 5.75. The molecule has 3 rings (SSSR count). The van der Waals surface area contributed by atoms with Gasteiger partial charge >= 0.3 is 0 Å². The Morgan fingerprint density at radius 1 is 1.06 bits per heavy atom. The van der Waals surface area contributed by atoms with Crippen LogP contribution < -0.4 is 5.73 Å². The lowest BCUT2D eigenvalue weighted by Gasteiger charge is -2.01. The van der Waals surface area contributed by atoms with Crippen molar-refractivity contribution in [3.63, 3.8) is 0 Å². The Morgan fingerprint density at radius 2 is 1.89 bits per heavy atom. The summed E-state index contributed by atoms with van der Waals surface area (Å²) >= 11 is 0. The molecule has 0 amide bonds. The summed E-state index contributed by atoms with van der Waals surface area (Å²) in [6.07, 6.45) is 1.72. The van der Waals surface area contributed by atoms with E-state index >= 15 is 0 Å². The van der Waals surface area contributed by atoms with Gasteiger partial charge in [0, 0.05) is 11.8 Å². The SMILES string of the molecule is Nc1c(-c2cccc(F)c2F)nc2ccccn12. The van der Waals surface area contributed by atoms with Crippen LogP contribution in [0.25, 0.3) is 16.9 Å². The molecule has 0 aliphatic rings. The largest absolute Gasteiger partial charge is 0.383 e. The third-order valence-corrected chi connectivity index (χ3v) is 2.77. The van der Waals surface area contributed by atoms with Gasteiger partial charge < -0.3 is 5.73 Å². The topological polar surface area (TPSA) is 43.3 Å². The van der Waals surface area contributed by atoms with Gasteiger partial charge in [0.05, 0.1) is 0 Å². The second-order valence-electron chi connectivity index (χ2n) is 3.88. The van der Waals surface area contributed by atoms with Crippen molar-refractivity contribution in [3.05, 3.63) is 54.2 Å². The monoisotopic (exact) mass is 245 g/mol. The first-order valence-electron chi connectivity index (χ1n) is 5.35. The number of nitrogens with zero attached hydrogens (tertiary/aromatic N) is 2. The summed E-state index contributed by atoms with van der Waals surface area (Å²) < 4.78 is 28.5. The average molecular weight is 245 g/mol. The fourth-order valence-electron chi connectivity index (χ4n) is 1.90. The van der Waals surface area contributed by atoms with Crippen molar-refractivity contribution >= 4 is 11.5 Å². The molecule has 0 saturated carbocycles.